The highest BCUT2D eigenvalue weighted by Gasteiger charge is 2.19. The van der Waals surface area contributed by atoms with E-state index in [9.17, 15) is 9.59 Å². The van der Waals surface area contributed by atoms with Crippen LogP contribution in [0.3, 0.4) is 0 Å². The minimum Gasteiger partial charge on any atom is -0.480 e. The van der Waals surface area contributed by atoms with Crippen LogP contribution in [-0.2, 0) is 4.79 Å². The molecule has 5 nitrogen and oxygen atoms in total. The molecule has 2 N–H and O–H groups in total. The topological polar surface area (TPSA) is 71.3 Å². The highest BCUT2D eigenvalue weighted by molar-refractivity contribution is 5.97. The van der Waals surface area contributed by atoms with Crippen molar-refractivity contribution in [1.29, 1.82) is 0 Å². The van der Waals surface area contributed by atoms with Crippen molar-refractivity contribution in [3.63, 3.8) is 0 Å². The summed E-state index contributed by atoms with van der Waals surface area (Å²) in [4.78, 5) is 23.3. The molecule has 1 atom stereocenters. The van der Waals surface area contributed by atoms with Gasteiger partial charge < -0.3 is 15.0 Å². The lowest BCUT2D eigenvalue weighted by Crippen LogP contribution is -2.40. The van der Waals surface area contributed by atoms with Gasteiger partial charge in [-0.1, -0.05) is 19.4 Å². The SMILES string of the molecule is CCCC(NC(=O)c1cccc(-n2cccc2)c1)C(=O)O. The molecule has 5 heteroatoms. The lowest BCUT2D eigenvalue weighted by molar-refractivity contribution is -0.139. The number of aliphatic carboxylic acids is 1. The van der Waals surface area contributed by atoms with Gasteiger partial charge in [-0.2, -0.15) is 0 Å². The maximum atomic E-state index is 12.2. The first-order valence-corrected chi connectivity index (χ1v) is 6.89. The third-order valence-electron chi connectivity index (χ3n) is 3.19. The molecule has 1 amide bonds. The van der Waals surface area contributed by atoms with Crippen LogP contribution in [-0.4, -0.2) is 27.6 Å². The summed E-state index contributed by atoms with van der Waals surface area (Å²) >= 11 is 0. The maximum Gasteiger partial charge on any atom is 0.326 e. The molecule has 1 unspecified atom stereocenters. The van der Waals surface area contributed by atoms with Gasteiger partial charge in [0, 0.05) is 23.6 Å². The highest BCUT2D eigenvalue weighted by atomic mass is 16.4. The quantitative estimate of drug-likeness (QED) is 0.857. The zero-order chi connectivity index (χ0) is 15.2. The van der Waals surface area contributed by atoms with Crippen molar-refractivity contribution in [2.45, 2.75) is 25.8 Å². The largest absolute Gasteiger partial charge is 0.480 e. The van der Waals surface area contributed by atoms with E-state index in [4.69, 9.17) is 5.11 Å². The van der Waals surface area contributed by atoms with E-state index < -0.39 is 12.0 Å². The summed E-state index contributed by atoms with van der Waals surface area (Å²) in [6.45, 7) is 1.88. The van der Waals surface area contributed by atoms with Crippen LogP contribution < -0.4 is 5.32 Å². The van der Waals surface area contributed by atoms with Gasteiger partial charge >= 0.3 is 5.97 Å². The van der Waals surface area contributed by atoms with E-state index in [2.05, 4.69) is 5.32 Å². The standard InChI is InChI=1S/C16H18N2O3/c1-2-6-14(16(20)21)17-15(19)12-7-5-8-13(11-12)18-9-3-4-10-18/h3-5,7-11,14H,2,6H2,1H3,(H,17,19)(H,20,21). The number of nitrogens with zero attached hydrogens (tertiary/aromatic N) is 1. The fourth-order valence-electron chi connectivity index (χ4n) is 2.10. The Balaban J connectivity index is 2.16. The molecule has 0 spiro atoms. The molecule has 1 aromatic heterocycles. The zero-order valence-electron chi connectivity index (χ0n) is 11.8. The molecular weight excluding hydrogens is 268 g/mol. The van der Waals surface area contributed by atoms with Crippen LogP contribution in [0.5, 0.6) is 0 Å². The van der Waals surface area contributed by atoms with Crippen molar-refractivity contribution in [3.8, 4) is 5.69 Å². The number of carbonyl (C=O) groups excluding carboxylic acids is 1. The molecule has 1 heterocycles. The summed E-state index contributed by atoms with van der Waals surface area (Å²) in [5, 5.41) is 11.6. The third-order valence-corrected chi connectivity index (χ3v) is 3.19. The zero-order valence-corrected chi connectivity index (χ0v) is 11.8. The van der Waals surface area contributed by atoms with E-state index >= 15 is 0 Å². The summed E-state index contributed by atoms with van der Waals surface area (Å²) < 4.78 is 1.89. The molecule has 2 aromatic rings. The molecule has 0 aliphatic carbocycles. The summed E-state index contributed by atoms with van der Waals surface area (Å²) in [5.74, 6) is -1.38. The number of aromatic nitrogens is 1. The minimum atomic E-state index is -1.01. The van der Waals surface area contributed by atoms with Gasteiger partial charge in [-0.05, 0) is 36.8 Å². The van der Waals surface area contributed by atoms with Crippen molar-refractivity contribution >= 4 is 11.9 Å². The minimum absolute atomic E-state index is 0.371. The highest BCUT2D eigenvalue weighted by Crippen LogP contribution is 2.11. The Kier molecular flexibility index (Phi) is 4.77. The molecule has 1 aromatic carbocycles. The van der Waals surface area contributed by atoms with Gasteiger partial charge in [0.15, 0.2) is 0 Å². The number of carbonyl (C=O) groups is 2. The van der Waals surface area contributed by atoms with Crippen LogP contribution in [0.25, 0.3) is 5.69 Å². The molecule has 0 radical (unpaired) electrons. The van der Waals surface area contributed by atoms with Gasteiger partial charge in [-0.3, -0.25) is 4.79 Å². The normalized spacial score (nSPS) is 11.9. The lowest BCUT2D eigenvalue weighted by Gasteiger charge is -2.14. The van der Waals surface area contributed by atoms with Gasteiger partial charge in [-0.15, -0.1) is 0 Å². The molecule has 0 aliphatic rings. The number of amides is 1. The fraction of sp³-hybridized carbons (Fsp3) is 0.250. The van der Waals surface area contributed by atoms with Crippen molar-refractivity contribution in [1.82, 2.24) is 9.88 Å². The molecule has 110 valence electrons. The Morgan fingerprint density at radius 3 is 2.57 bits per heavy atom. The Labute approximate surface area is 123 Å². The van der Waals surface area contributed by atoms with Crippen LogP contribution in [0.15, 0.2) is 48.8 Å². The maximum absolute atomic E-state index is 12.2. The summed E-state index contributed by atoms with van der Waals surface area (Å²) in [6.07, 6.45) is 4.88. The van der Waals surface area contributed by atoms with Crippen LogP contribution in [0, 0.1) is 0 Å². The van der Waals surface area contributed by atoms with E-state index in [1.54, 1.807) is 18.2 Å². The Bertz CT molecular complexity index is 620. The molecule has 21 heavy (non-hydrogen) atoms. The molecule has 2 rings (SSSR count). The van der Waals surface area contributed by atoms with Gasteiger partial charge in [0.05, 0.1) is 0 Å². The van der Waals surface area contributed by atoms with Gasteiger partial charge in [-0.25, -0.2) is 4.79 Å². The molecule has 0 fully saturated rings. The molecule has 0 saturated heterocycles. The molecular formula is C16H18N2O3. The van der Waals surface area contributed by atoms with E-state index in [0.29, 0.717) is 18.4 Å². The Morgan fingerprint density at radius 2 is 1.95 bits per heavy atom. The van der Waals surface area contributed by atoms with E-state index in [0.717, 1.165) is 5.69 Å². The summed E-state index contributed by atoms with van der Waals surface area (Å²) in [6, 6.07) is 10.0. The van der Waals surface area contributed by atoms with Crippen molar-refractivity contribution in [2.24, 2.45) is 0 Å². The second-order valence-corrected chi connectivity index (χ2v) is 4.79. The second kappa shape index (κ2) is 6.74. The first-order valence-electron chi connectivity index (χ1n) is 6.89. The van der Waals surface area contributed by atoms with Crippen molar-refractivity contribution in [3.05, 3.63) is 54.4 Å². The summed E-state index contributed by atoms with van der Waals surface area (Å²) in [5.41, 5.74) is 1.30. The van der Waals surface area contributed by atoms with Crippen LogP contribution in [0.1, 0.15) is 30.1 Å². The average molecular weight is 286 g/mol. The lowest BCUT2D eigenvalue weighted by atomic mass is 10.1. The monoisotopic (exact) mass is 286 g/mol. The van der Waals surface area contributed by atoms with Gasteiger partial charge in [0.2, 0.25) is 0 Å². The average Bonchev–Trinajstić information content (AvgIpc) is 3.01. The third kappa shape index (κ3) is 3.72. The number of hydrogen-bond donors (Lipinski definition) is 2. The summed E-state index contributed by atoms with van der Waals surface area (Å²) in [7, 11) is 0. The molecule has 0 aliphatic heterocycles. The van der Waals surface area contributed by atoms with Gasteiger partial charge in [0.1, 0.15) is 6.04 Å². The number of benzene rings is 1. The number of carboxylic acids is 1. The van der Waals surface area contributed by atoms with E-state index in [-0.39, 0.29) is 5.91 Å². The predicted octanol–water partition coefficient (Wildman–Crippen LogP) is 2.46. The van der Waals surface area contributed by atoms with Crippen molar-refractivity contribution < 1.29 is 14.7 Å². The number of rotatable bonds is 6. The number of carboxylic acid groups (broad SMARTS) is 1. The van der Waals surface area contributed by atoms with Crippen LogP contribution >= 0.6 is 0 Å². The number of nitrogens with one attached hydrogen (secondary N) is 1. The van der Waals surface area contributed by atoms with Crippen molar-refractivity contribution in [2.75, 3.05) is 0 Å². The Hall–Kier alpha value is -2.56. The van der Waals surface area contributed by atoms with E-state index in [1.807, 2.05) is 42.1 Å². The fourth-order valence-corrected chi connectivity index (χ4v) is 2.10. The first kappa shape index (κ1) is 14.8. The second-order valence-electron chi connectivity index (χ2n) is 4.79. The predicted molar refractivity (Wildman–Crippen MR) is 79.6 cm³/mol. The van der Waals surface area contributed by atoms with Gasteiger partial charge in [0.25, 0.3) is 5.91 Å². The Morgan fingerprint density at radius 1 is 1.24 bits per heavy atom. The van der Waals surface area contributed by atoms with Crippen LogP contribution in [0.4, 0.5) is 0 Å². The van der Waals surface area contributed by atoms with E-state index in [1.165, 1.54) is 0 Å². The number of hydrogen-bond acceptors (Lipinski definition) is 2. The van der Waals surface area contributed by atoms with Crippen LogP contribution in [0.2, 0.25) is 0 Å². The molecule has 0 saturated carbocycles. The smallest absolute Gasteiger partial charge is 0.326 e. The molecule has 0 bridgehead atoms. The first-order chi connectivity index (χ1) is 10.1.